The molecule has 1 saturated heterocycles. The Balaban J connectivity index is 1.54. The Morgan fingerprint density at radius 1 is 1.13 bits per heavy atom. The minimum absolute atomic E-state index is 0.125. The fraction of sp³-hybridized carbons (Fsp3) is 0.333. The van der Waals surface area contributed by atoms with Gasteiger partial charge in [0.15, 0.2) is 5.58 Å². The SMILES string of the molecule is Cc1ccc(S(=O)(=O)N2CCCN(c3nc4ccccc4o3)CC2)cc1CC(=O)O. The van der Waals surface area contributed by atoms with Gasteiger partial charge in [-0.2, -0.15) is 9.29 Å². The topological polar surface area (TPSA) is 104 Å². The van der Waals surface area contributed by atoms with E-state index in [0.717, 1.165) is 11.1 Å². The molecule has 1 aromatic heterocycles. The number of nitrogens with zero attached hydrogens (tertiary/aromatic N) is 3. The van der Waals surface area contributed by atoms with Crippen molar-refractivity contribution < 1.29 is 22.7 Å². The van der Waals surface area contributed by atoms with Crippen LogP contribution in [-0.2, 0) is 21.2 Å². The van der Waals surface area contributed by atoms with Gasteiger partial charge >= 0.3 is 5.97 Å². The molecule has 0 radical (unpaired) electrons. The minimum Gasteiger partial charge on any atom is -0.481 e. The largest absolute Gasteiger partial charge is 0.481 e. The van der Waals surface area contributed by atoms with Crippen LogP contribution in [0.25, 0.3) is 11.1 Å². The molecule has 0 amide bonds. The number of carboxylic acids is 1. The summed E-state index contributed by atoms with van der Waals surface area (Å²) in [6, 6.07) is 12.7. The number of sulfonamides is 1. The van der Waals surface area contributed by atoms with E-state index >= 15 is 0 Å². The molecule has 30 heavy (non-hydrogen) atoms. The zero-order valence-electron chi connectivity index (χ0n) is 16.6. The summed E-state index contributed by atoms with van der Waals surface area (Å²) >= 11 is 0. The number of rotatable bonds is 5. The number of fused-ring (bicyclic) bond motifs is 1. The highest BCUT2D eigenvalue weighted by Gasteiger charge is 2.28. The van der Waals surface area contributed by atoms with Crippen LogP contribution in [0.2, 0.25) is 0 Å². The van der Waals surface area contributed by atoms with Crippen molar-refractivity contribution in [1.82, 2.24) is 9.29 Å². The molecule has 1 aliphatic rings. The summed E-state index contributed by atoms with van der Waals surface area (Å²) in [6.07, 6.45) is 0.423. The molecule has 0 bridgehead atoms. The van der Waals surface area contributed by atoms with E-state index in [1.807, 2.05) is 29.2 Å². The number of carboxylic acid groups (broad SMARTS) is 1. The second-order valence-electron chi connectivity index (χ2n) is 7.37. The van der Waals surface area contributed by atoms with Gasteiger partial charge < -0.3 is 14.4 Å². The average molecular weight is 429 g/mol. The highest BCUT2D eigenvalue weighted by atomic mass is 32.2. The first-order valence-electron chi connectivity index (χ1n) is 9.76. The molecule has 0 atom stereocenters. The molecular weight excluding hydrogens is 406 g/mol. The number of oxazole rings is 1. The fourth-order valence-electron chi connectivity index (χ4n) is 3.63. The summed E-state index contributed by atoms with van der Waals surface area (Å²) in [4.78, 5) is 17.7. The molecule has 1 fully saturated rings. The first kappa shape index (κ1) is 20.4. The summed E-state index contributed by atoms with van der Waals surface area (Å²) in [7, 11) is -3.73. The van der Waals surface area contributed by atoms with Crippen LogP contribution in [0.1, 0.15) is 17.5 Å². The zero-order chi connectivity index (χ0) is 21.3. The maximum atomic E-state index is 13.2. The van der Waals surface area contributed by atoms with Crippen molar-refractivity contribution in [2.24, 2.45) is 0 Å². The summed E-state index contributed by atoms with van der Waals surface area (Å²) in [6.45, 7) is 3.54. The molecule has 1 aliphatic heterocycles. The monoisotopic (exact) mass is 429 g/mol. The zero-order valence-corrected chi connectivity index (χ0v) is 17.4. The lowest BCUT2D eigenvalue weighted by Gasteiger charge is -2.21. The Bertz CT molecular complexity index is 1160. The van der Waals surface area contributed by atoms with Crippen LogP contribution in [0.5, 0.6) is 0 Å². The van der Waals surface area contributed by atoms with E-state index in [-0.39, 0.29) is 11.3 Å². The highest BCUT2D eigenvalue weighted by Crippen LogP contribution is 2.25. The summed E-state index contributed by atoms with van der Waals surface area (Å²) in [5, 5.41) is 9.08. The maximum absolute atomic E-state index is 13.2. The minimum atomic E-state index is -3.73. The van der Waals surface area contributed by atoms with Gasteiger partial charge in [-0.15, -0.1) is 0 Å². The molecule has 4 rings (SSSR count). The van der Waals surface area contributed by atoms with Crippen molar-refractivity contribution in [3.05, 3.63) is 53.6 Å². The quantitative estimate of drug-likeness (QED) is 0.665. The van der Waals surface area contributed by atoms with Crippen LogP contribution < -0.4 is 4.90 Å². The molecular formula is C21H23N3O5S. The van der Waals surface area contributed by atoms with Gasteiger partial charge in [0.25, 0.3) is 6.01 Å². The second-order valence-corrected chi connectivity index (χ2v) is 9.31. The maximum Gasteiger partial charge on any atom is 0.307 e. The lowest BCUT2D eigenvalue weighted by molar-refractivity contribution is -0.136. The van der Waals surface area contributed by atoms with Gasteiger partial charge in [0, 0.05) is 26.2 Å². The molecule has 0 unspecified atom stereocenters. The van der Waals surface area contributed by atoms with Crippen LogP contribution in [0.15, 0.2) is 51.8 Å². The standard InChI is InChI=1S/C21H23N3O5S/c1-15-7-8-17(13-16(15)14-20(25)26)30(27,28)24-10-4-9-23(11-12-24)21-22-18-5-2-3-6-19(18)29-21/h2-3,5-8,13H,4,9-12,14H2,1H3,(H,25,26). The van der Waals surface area contributed by atoms with E-state index < -0.39 is 16.0 Å². The van der Waals surface area contributed by atoms with E-state index in [0.29, 0.717) is 49.8 Å². The Morgan fingerprint density at radius 2 is 1.93 bits per heavy atom. The smallest absolute Gasteiger partial charge is 0.307 e. The van der Waals surface area contributed by atoms with Crippen molar-refractivity contribution in [3.63, 3.8) is 0 Å². The number of hydrogen-bond acceptors (Lipinski definition) is 6. The molecule has 0 spiro atoms. The van der Waals surface area contributed by atoms with Crippen LogP contribution in [0, 0.1) is 6.92 Å². The van der Waals surface area contributed by atoms with E-state index in [4.69, 9.17) is 9.52 Å². The van der Waals surface area contributed by atoms with Crippen molar-refractivity contribution >= 4 is 33.1 Å². The van der Waals surface area contributed by atoms with Crippen molar-refractivity contribution in [2.45, 2.75) is 24.7 Å². The predicted molar refractivity (Wildman–Crippen MR) is 112 cm³/mol. The first-order valence-corrected chi connectivity index (χ1v) is 11.2. The molecule has 9 heteroatoms. The number of aryl methyl sites for hydroxylation is 1. The van der Waals surface area contributed by atoms with E-state index in [9.17, 15) is 13.2 Å². The van der Waals surface area contributed by atoms with Crippen molar-refractivity contribution in [2.75, 3.05) is 31.1 Å². The molecule has 158 valence electrons. The van der Waals surface area contributed by atoms with E-state index in [1.165, 1.54) is 10.4 Å². The number of anilines is 1. The molecule has 8 nitrogen and oxygen atoms in total. The van der Waals surface area contributed by atoms with Crippen LogP contribution >= 0.6 is 0 Å². The number of aliphatic carboxylic acids is 1. The second kappa shape index (κ2) is 8.08. The van der Waals surface area contributed by atoms with Gasteiger partial charge in [-0.05, 0) is 48.7 Å². The molecule has 0 aliphatic carbocycles. The number of aromatic nitrogens is 1. The number of para-hydroxylation sites is 2. The Labute approximate surface area is 174 Å². The summed E-state index contributed by atoms with van der Waals surface area (Å²) in [5.41, 5.74) is 2.74. The van der Waals surface area contributed by atoms with E-state index in [1.54, 1.807) is 19.1 Å². The van der Waals surface area contributed by atoms with Gasteiger partial charge in [-0.25, -0.2) is 8.42 Å². The van der Waals surface area contributed by atoms with Crippen molar-refractivity contribution in [3.8, 4) is 0 Å². The lowest BCUT2D eigenvalue weighted by atomic mass is 10.1. The van der Waals surface area contributed by atoms with Gasteiger partial charge in [-0.1, -0.05) is 18.2 Å². The Hall–Kier alpha value is -2.91. The first-order chi connectivity index (χ1) is 14.3. The van der Waals surface area contributed by atoms with E-state index in [2.05, 4.69) is 4.98 Å². The molecule has 1 N–H and O–H groups in total. The summed E-state index contributed by atoms with van der Waals surface area (Å²) in [5.74, 6) is -0.989. The van der Waals surface area contributed by atoms with Gasteiger partial charge in [0.2, 0.25) is 10.0 Å². The fourth-order valence-corrected chi connectivity index (χ4v) is 5.15. The molecule has 0 saturated carbocycles. The average Bonchev–Trinajstić information content (AvgIpc) is 2.97. The predicted octanol–water partition coefficient (Wildman–Crippen LogP) is 2.66. The van der Waals surface area contributed by atoms with Crippen LogP contribution in [-0.4, -0.2) is 55.0 Å². The third-order valence-corrected chi connectivity index (χ3v) is 7.20. The van der Waals surface area contributed by atoms with Crippen LogP contribution in [0.3, 0.4) is 0 Å². The van der Waals surface area contributed by atoms with Gasteiger partial charge in [0.05, 0.1) is 11.3 Å². The Kier molecular flexibility index (Phi) is 5.48. The molecule has 2 aromatic carbocycles. The number of hydrogen-bond donors (Lipinski definition) is 1. The third kappa shape index (κ3) is 4.03. The summed E-state index contributed by atoms with van der Waals surface area (Å²) < 4.78 is 33.7. The molecule has 2 heterocycles. The normalized spacial score (nSPS) is 16.0. The Morgan fingerprint density at radius 3 is 2.70 bits per heavy atom. The lowest BCUT2D eigenvalue weighted by Crippen LogP contribution is -2.35. The van der Waals surface area contributed by atoms with Crippen LogP contribution in [0.4, 0.5) is 6.01 Å². The van der Waals surface area contributed by atoms with Gasteiger partial charge in [-0.3, -0.25) is 4.79 Å². The molecule has 3 aromatic rings. The van der Waals surface area contributed by atoms with Gasteiger partial charge in [0.1, 0.15) is 5.52 Å². The number of benzene rings is 2. The third-order valence-electron chi connectivity index (χ3n) is 5.31. The number of carbonyl (C=O) groups is 1. The van der Waals surface area contributed by atoms with Crippen molar-refractivity contribution in [1.29, 1.82) is 0 Å². The highest BCUT2D eigenvalue weighted by molar-refractivity contribution is 7.89.